The molecule has 0 N–H and O–H groups in total. The lowest BCUT2D eigenvalue weighted by Gasteiger charge is -2.36. The first-order chi connectivity index (χ1) is 11.3. The largest absolute Gasteiger partial charge is 0.368 e. The summed E-state index contributed by atoms with van der Waals surface area (Å²) >= 11 is 0. The molecule has 0 aliphatic carbocycles. The molecule has 1 aliphatic rings. The summed E-state index contributed by atoms with van der Waals surface area (Å²) in [6.45, 7) is 7.40. The van der Waals surface area contributed by atoms with E-state index in [1.807, 2.05) is 32.0 Å². The first-order valence-electron chi connectivity index (χ1n) is 7.95. The lowest BCUT2D eigenvalue weighted by Crippen LogP contribution is -2.47. The molecule has 6 nitrogen and oxygen atoms in total. The second kappa shape index (κ2) is 6.39. The van der Waals surface area contributed by atoms with E-state index >= 15 is 0 Å². The minimum atomic E-state index is -3.14. The van der Waals surface area contributed by atoms with Crippen LogP contribution in [0.1, 0.15) is 11.5 Å². The summed E-state index contributed by atoms with van der Waals surface area (Å²) < 4.78 is 23.1. The Morgan fingerprint density at radius 2 is 1.50 bits per heavy atom. The molecule has 0 radical (unpaired) electrons. The van der Waals surface area contributed by atoms with Gasteiger partial charge in [0.15, 0.2) is 9.84 Å². The Balaban J connectivity index is 1.68. The maximum atomic E-state index is 11.5. The van der Waals surface area contributed by atoms with Crippen LogP contribution in [0.25, 0.3) is 0 Å². The van der Waals surface area contributed by atoms with Crippen LogP contribution in [0.2, 0.25) is 0 Å². The van der Waals surface area contributed by atoms with Gasteiger partial charge in [-0.3, -0.25) is 0 Å². The highest BCUT2D eigenvalue weighted by Crippen LogP contribution is 2.21. The Bertz CT molecular complexity index is 806. The van der Waals surface area contributed by atoms with Crippen LogP contribution >= 0.6 is 0 Å². The number of benzene rings is 1. The van der Waals surface area contributed by atoms with Crippen molar-refractivity contribution in [3.63, 3.8) is 0 Å². The number of rotatable bonds is 3. The van der Waals surface area contributed by atoms with Crippen LogP contribution < -0.4 is 9.80 Å². The van der Waals surface area contributed by atoms with E-state index in [0.717, 1.165) is 49.2 Å². The molecule has 3 rings (SSSR count). The summed E-state index contributed by atoms with van der Waals surface area (Å²) in [7, 11) is -3.14. The molecule has 2 aromatic rings. The van der Waals surface area contributed by atoms with Gasteiger partial charge in [-0.25, -0.2) is 18.4 Å². The Hall–Kier alpha value is -2.15. The fourth-order valence-corrected chi connectivity index (χ4v) is 3.59. The molecular formula is C17H22N4O2S. The molecule has 1 fully saturated rings. The maximum Gasteiger partial charge on any atom is 0.175 e. The fraction of sp³-hybridized carbons (Fsp3) is 0.412. The van der Waals surface area contributed by atoms with Gasteiger partial charge in [0, 0.05) is 49.9 Å². The third kappa shape index (κ3) is 3.67. The van der Waals surface area contributed by atoms with Crippen LogP contribution in [-0.4, -0.2) is 50.8 Å². The summed E-state index contributed by atoms with van der Waals surface area (Å²) in [5.41, 5.74) is 2.04. The van der Waals surface area contributed by atoms with E-state index in [1.54, 1.807) is 12.1 Å². The molecule has 0 unspecified atom stereocenters. The minimum absolute atomic E-state index is 0.358. The average molecular weight is 346 g/mol. The van der Waals surface area contributed by atoms with E-state index in [4.69, 9.17) is 0 Å². The molecule has 2 heterocycles. The van der Waals surface area contributed by atoms with E-state index in [9.17, 15) is 8.42 Å². The molecule has 1 saturated heterocycles. The predicted molar refractivity (Wildman–Crippen MR) is 95.5 cm³/mol. The summed E-state index contributed by atoms with van der Waals surface area (Å²) in [6, 6.07) is 9.13. The zero-order chi connectivity index (χ0) is 17.3. The lowest BCUT2D eigenvalue weighted by atomic mass is 10.2. The SMILES string of the molecule is Cc1cc(N2CCN(c3ccc(S(C)(=O)=O)cc3)CC2)nc(C)n1. The van der Waals surface area contributed by atoms with Crippen molar-refractivity contribution in [1.82, 2.24) is 9.97 Å². The number of nitrogens with zero attached hydrogens (tertiary/aromatic N) is 4. The van der Waals surface area contributed by atoms with E-state index < -0.39 is 9.84 Å². The summed E-state index contributed by atoms with van der Waals surface area (Å²) in [6.07, 6.45) is 1.23. The number of anilines is 2. The van der Waals surface area contributed by atoms with Gasteiger partial charge in [0.1, 0.15) is 11.6 Å². The molecule has 1 aliphatic heterocycles. The normalized spacial score (nSPS) is 15.6. The number of aryl methyl sites for hydroxylation is 2. The zero-order valence-electron chi connectivity index (χ0n) is 14.2. The van der Waals surface area contributed by atoms with Gasteiger partial charge in [0.05, 0.1) is 4.90 Å². The highest BCUT2D eigenvalue weighted by molar-refractivity contribution is 7.90. The monoisotopic (exact) mass is 346 g/mol. The van der Waals surface area contributed by atoms with Gasteiger partial charge in [-0.05, 0) is 38.1 Å². The van der Waals surface area contributed by atoms with Crippen molar-refractivity contribution in [3.05, 3.63) is 41.9 Å². The molecule has 128 valence electrons. The van der Waals surface area contributed by atoms with Crippen LogP contribution in [-0.2, 0) is 9.84 Å². The summed E-state index contributed by atoms with van der Waals surface area (Å²) in [5.74, 6) is 1.77. The van der Waals surface area contributed by atoms with Crippen molar-refractivity contribution >= 4 is 21.3 Å². The smallest absolute Gasteiger partial charge is 0.175 e. The number of hydrogen-bond acceptors (Lipinski definition) is 6. The van der Waals surface area contributed by atoms with E-state index in [1.165, 1.54) is 6.26 Å². The van der Waals surface area contributed by atoms with Gasteiger partial charge in [0.2, 0.25) is 0 Å². The second-order valence-electron chi connectivity index (χ2n) is 6.15. The Morgan fingerprint density at radius 1 is 0.917 bits per heavy atom. The highest BCUT2D eigenvalue weighted by atomic mass is 32.2. The second-order valence-corrected chi connectivity index (χ2v) is 8.17. The number of sulfone groups is 1. The number of hydrogen-bond donors (Lipinski definition) is 0. The van der Waals surface area contributed by atoms with Crippen molar-refractivity contribution in [2.24, 2.45) is 0 Å². The zero-order valence-corrected chi connectivity index (χ0v) is 15.0. The first-order valence-corrected chi connectivity index (χ1v) is 9.84. The molecule has 7 heteroatoms. The van der Waals surface area contributed by atoms with Crippen LogP contribution in [0.15, 0.2) is 35.2 Å². The standard InChI is InChI=1S/C17H22N4O2S/c1-13-12-17(19-14(2)18-13)21-10-8-20(9-11-21)15-4-6-16(7-5-15)24(3,22)23/h4-7,12H,8-11H2,1-3H3. The average Bonchev–Trinajstić information content (AvgIpc) is 2.53. The van der Waals surface area contributed by atoms with Gasteiger partial charge in [0.25, 0.3) is 0 Å². The molecule has 0 bridgehead atoms. The molecule has 0 amide bonds. The Labute approximate surface area is 143 Å². The van der Waals surface area contributed by atoms with Gasteiger partial charge >= 0.3 is 0 Å². The van der Waals surface area contributed by atoms with Crippen LogP contribution in [0.5, 0.6) is 0 Å². The molecule has 0 atom stereocenters. The quantitative estimate of drug-likeness (QED) is 0.845. The Kier molecular flexibility index (Phi) is 4.45. The van der Waals surface area contributed by atoms with Gasteiger partial charge in [-0.2, -0.15) is 0 Å². The number of piperazine rings is 1. The fourth-order valence-electron chi connectivity index (χ4n) is 2.96. The Morgan fingerprint density at radius 3 is 2.04 bits per heavy atom. The third-order valence-corrected chi connectivity index (χ3v) is 5.31. The van der Waals surface area contributed by atoms with Gasteiger partial charge in [-0.1, -0.05) is 0 Å². The van der Waals surface area contributed by atoms with Gasteiger partial charge in [-0.15, -0.1) is 0 Å². The molecule has 0 saturated carbocycles. The van der Waals surface area contributed by atoms with E-state index in [2.05, 4.69) is 19.8 Å². The van der Waals surface area contributed by atoms with E-state index in [0.29, 0.717) is 4.90 Å². The number of aromatic nitrogens is 2. The highest BCUT2D eigenvalue weighted by Gasteiger charge is 2.19. The predicted octanol–water partition coefficient (Wildman–Crippen LogP) is 1.82. The van der Waals surface area contributed by atoms with Crippen molar-refractivity contribution in [3.8, 4) is 0 Å². The van der Waals surface area contributed by atoms with Gasteiger partial charge < -0.3 is 9.80 Å². The molecule has 0 spiro atoms. The molecular weight excluding hydrogens is 324 g/mol. The van der Waals surface area contributed by atoms with Crippen LogP contribution in [0.3, 0.4) is 0 Å². The lowest BCUT2D eigenvalue weighted by molar-refractivity contribution is 0.602. The van der Waals surface area contributed by atoms with Crippen molar-refractivity contribution in [2.75, 3.05) is 42.2 Å². The topological polar surface area (TPSA) is 66.4 Å². The van der Waals surface area contributed by atoms with Crippen molar-refractivity contribution in [1.29, 1.82) is 0 Å². The third-order valence-electron chi connectivity index (χ3n) is 4.19. The maximum absolute atomic E-state index is 11.5. The summed E-state index contributed by atoms with van der Waals surface area (Å²) in [4.78, 5) is 13.7. The summed E-state index contributed by atoms with van der Waals surface area (Å²) in [5, 5.41) is 0. The van der Waals surface area contributed by atoms with E-state index in [-0.39, 0.29) is 0 Å². The van der Waals surface area contributed by atoms with Crippen LogP contribution in [0, 0.1) is 13.8 Å². The molecule has 1 aromatic carbocycles. The molecule has 24 heavy (non-hydrogen) atoms. The van der Waals surface area contributed by atoms with Crippen molar-refractivity contribution < 1.29 is 8.42 Å². The first kappa shape index (κ1) is 16.7. The van der Waals surface area contributed by atoms with Crippen molar-refractivity contribution in [2.45, 2.75) is 18.7 Å². The minimum Gasteiger partial charge on any atom is -0.368 e. The van der Waals surface area contributed by atoms with Crippen LogP contribution in [0.4, 0.5) is 11.5 Å². The molecule has 1 aromatic heterocycles.